The molecule has 0 bridgehead atoms. The number of aromatic amines is 1. The Balaban J connectivity index is 1.42. The van der Waals surface area contributed by atoms with Crippen LogP contribution in [0.1, 0.15) is 29.2 Å². The highest BCUT2D eigenvalue weighted by atomic mass is 19.4. The van der Waals surface area contributed by atoms with Crippen LogP contribution in [0.5, 0.6) is 0 Å². The van der Waals surface area contributed by atoms with Gasteiger partial charge in [-0.2, -0.15) is 18.3 Å². The third-order valence-electron chi connectivity index (χ3n) is 7.05. The quantitative estimate of drug-likeness (QED) is 0.452. The van der Waals surface area contributed by atoms with Gasteiger partial charge in [0.1, 0.15) is 23.5 Å². The lowest BCUT2D eigenvalue weighted by molar-refractivity contribution is -0.141. The molecule has 0 unspecified atom stereocenters. The molecular formula is C24H24F3N7O. The summed E-state index contributed by atoms with van der Waals surface area (Å²) < 4.78 is 48.6. The Hall–Kier alpha value is -3.31. The van der Waals surface area contributed by atoms with Gasteiger partial charge in [0.15, 0.2) is 0 Å². The maximum atomic E-state index is 13.7. The molecule has 11 heteroatoms. The molecule has 0 spiro atoms. The minimum Gasteiger partial charge on any atom is -0.379 e. The second-order valence-corrected chi connectivity index (χ2v) is 9.47. The number of fused-ring (bicyclic) bond motifs is 1. The van der Waals surface area contributed by atoms with E-state index in [1.165, 1.54) is 0 Å². The molecule has 0 aliphatic carbocycles. The fraction of sp³-hybridized carbons (Fsp3) is 0.417. The molecule has 2 fully saturated rings. The fourth-order valence-corrected chi connectivity index (χ4v) is 4.80. The van der Waals surface area contributed by atoms with Crippen LogP contribution in [0, 0.1) is 0 Å². The van der Waals surface area contributed by atoms with Crippen LogP contribution >= 0.6 is 0 Å². The van der Waals surface area contributed by atoms with Gasteiger partial charge < -0.3 is 9.30 Å². The van der Waals surface area contributed by atoms with Gasteiger partial charge in [0, 0.05) is 36.4 Å². The van der Waals surface area contributed by atoms with E-state index >= 15 is 0 Å². The van der Waals surface area contributed by atoms with Gasteiger partial charge in [0.2, 0.25) is 0 Å². The molecule has 0 radical (unpaired) electrons. The fourth-order valence-electron chi connectivity index (χ4n) is 4.80. The van der Waals surface area contributed by atoms with Crippen LogP contribution < -0.4 is 0 Å². The van der Waals surface area contributed by atoms with Crippen LogP contribution in [0.2, 0.25) is 0 Å². The second kappa shape index (κ2) is 8.13. The average Bonchev–Trinajstić information content (AvgIpc) is 3.38. The minimum atomic E-state index is -4.54. The predicted molar refractivity (Wildman–Crippen MR) is 121 cm³/mol. The Morgan fingerprint density at radius 1 is 1.17 bits per heavy atom. The number of likely N-dealkylation sites (tertiary alicyclic amines) is 1. The Bertz CT molecular complexity index is 1390. The van der Waals surface area contributed by atoms with Crippen molar-refractivity contribution in [1.82, 2.24) is 34.8 Å². The summed E-state index contributed by atoms with van der Waals surface area (Å²) in [5, 5.41) is 16.0. The largest absolute Gasteiger partial charge is 0.433 e. The summed E-state index contributed by atoms with van der Waals surface area (Å²) >= 11 is 0. The number of benzene rings is 1. The minimum absolute atomic E-state index is 0.274. The number of halogens is 3. The Morgan fingerprint density at radius 2 is 2.00 bits per heavy atom. The number of H-pyrrole nitrogens is 1. The zero-order valence-corrected chi connectivity index (χ0v) is 19.1. The van der Waals surface area contributed by atoms with Gasteiger partial charge in [-0.25, -0.2) is 4.98 Å². The van der Waals surface area contributed by atoms with Crippen molar-refractivity contribution in [2.75, 3.05) is 26.3 Å². The maximum Gasteiger partial charge on any atom is 0.433 e. The number of nitrogens with one attached hydrogen (secondary N) is 1. The molecule has 4 aromatic rings. The van der Waals surface area contributed by atoms with Crippen molar-refractivity contribution in [3.8, 4) is 11.3 Å². The molecule has 182 valence electrons. The van der Waals surface area contributed by atoms with E-state index in [0.29, 0.717) is 48.5 Å². The van der Waals surface area contributed by atoms with Gasteiger partial charge in [0.05, 0.1) is 24.4 Å². The molecule has 6 rings (SSSR count). The number of aryl methyl sites for hydroxylation is 1. The van der Waals surface area contributed by atoms with Crippen molar-refractivity contribution in [2.24, 2.45) is 7.05 Å². The molecular weight excluding hydrogens is 459 g/mol. The first-order valence-corrected chi connectivity index (χ1v) is 11.5. The van der Waals surface area contributed by atoms with Gasteiger partial charge in [-0.15, -0.1) is 10.2 Å². The number of hydrogen-bond acceptors (Lipinski definition) is 6. The summed E-state index contributed by atoms with van der Waals surface area (Å²) in [7, 11) is 1.90. The average molecular weight is 483 g/mol. The summed E-state index contributed by atoms with van der Waals surface area (Å²) in [6.07, 6.45) is -1.18. The van der Waals surface area contributed by atoms with Crippen LogP contribution in [0.25, 0.3) is 22.2 Å². The molecule has 2 saturated heterocycles. The van der Waals surface area contributed by atoms with Gasteiger partial charge in [0.25, 0.3) is 0 Å². The molecule has 2 aliphatic rings. The van der Waals surface area contributed by atoms with E-state index in [4.69, 9.17) is 4.74 Å². The van der Waals surface area contributed by atoms with Crippen LogP contribution in [-0.4, -0.2) is 61.1 Å². The monoisotopic (exact) mass is 483 g/mol. The van der Waals surface area contributed by atoms with E-state index < -0.39 is 11.9 Å². The van der Waals surface area contributed by atoms with E-state index in [2.05, 4.69) is 30.3 Å². The van der Waals surface area contributed by atoms with Gasteiger partial charge in [-0.1, -0.05) is 18.2 Å². The first kappa shape index (κ1) is 22.2. The van der Waals surface area contributed by atoms with Gasteiger partial charge in [-0.3, -0.25) is 10.00 Å². The second-order valence-electron chi connectivity index (χ2n) is 9.47. The summed E-state index contributed by atoms with van der Waals surface area (Å²) in [5.74, 6) is 0.848. The normalized spacial score (nSPS) is 17.9. The number of pyridine rings is 1. The highest BCUT2D eigenvalue weighted by molar-refractivity contribution is 5.94. The highest BCUT2D eigenvalue weighted by Gasteiger charge is 2.42. The van der Waals surface area contributed by atoms with Crippen molar-refractivity contribution in [3.05, 3.63) is 59.4 Å². The van der Waals surface area contributed by atoms with Crippen LogP contribution in [0.3, 0.4) is 0 Å². The van der Waals surface area contributed by atoms with E-state index in [0.717, 1.165) is 42.5 Å². The van der Waals surface area contributed by atoms with Crippen LogP contribution in [0.15, 0.2) is 36.7 Å². The van der Waals surface area contributed by atoms with E-state index in [1.807, 2.05) is 35.9 Å². The Kier molecular flexibility index (Phi) is 5.15. The molecule has 0 atom stereocenters. The smallest absolute Gasteiger partial charge is 0.379 e. The van der Waals surface area contributed by atoms with Crippen LogP contribution in [-0.2, 0) is 36.3 Å². The molecule has 0 saturated carbocycles. The van der Waals surface area contributed by atoms with Gasteiger partial charge in [-0.05, 0) is 37.2 Å². The molecule has 2 aliphatic heterocycles. The number of aromatic nitrogens is 6. The first-order chi connectivity index (χ1) is 16.8. The van der Waals surface area contributed by atoms with Crippen molar-refractivity contribution >= 4 is 10.9 Å². The molecule has 3 aromatic heterocycles. The zero-order valence-electron chi connectivity index (χ0n) is 19.1. The van der Waals surface area contributed by atoms with Crippen molar-refractivity contribution in [1.29, 1.82) is 0 Å². The first-order valence-electron chi connectivity index (χ1n) is 11.5. The molecule has 0 amide bonds. The van der Waals surface area contributed by atoms with Crippen molar-refractivity contribution in [3.63, 3.8) is 0 Å². The van der Waals surface area contributed by atoms with Crippen molar-refractivity contribution in [2.45, 2.75) is 31.0 Å². The summed E-state index contributed by atoms with van der Waals surface area (Å²) in [5.41, 5.74) is 2.00. The summed E-state index contributed by atoms with van der Waals surface area (Å²) in [6, 6.07) is 8.90. The maximum absolute atomic E-state index is 13.7. The molecule has 8 nitrogen and oxygen atoms in total. The number of rotatable bonds is 6. The SMILES string of the molecule is Cn1cnnc1CC1(c2cccc(-c3n[nH]c4c(CN5CCC5)nc(C(F)(F)F)cc34)c2)COC1. The van der Waals surface area contributed by atoms with E-state index in [9.17, 15) is 13.2 Å². The standard InChI is InChI=1S/C24H24F3N7O/c1-33-14-28-30-20(33)10-23(12-35-13-23)16-5-2-4-15(8-16)21-17-9-19(24(25,26)27)29-18(22(17)32-31-21)11-34-6-3-7-34/h2,4-5,8-9,14H,3,6-7,10-13H2,1H3,(H,31,32). The summed E-state index contributed by atoms with van der Waals surface area (Å²) in [6.45, 7) is 3.15. The number of ether oxygens (including phenoxy) is 1. The Morgan fingerprint density at radius 3 is 2.63 bits per heavy atom. The highest BCUT2D eigenvalue weighted by Crippen LogP contribution is 2.39. The molecule has 35 heavy (non-hydrogen) atoms. The topological polar surface area (TPSA) is 84.8 Å². The zero-order chi connectivity index (χ0) is 24.2. The predicted octanol–water partition coefficient (Wildman–Crippen LogP) is 3.49. The van der Waals surface area contributed by atoms with Crippen molar-refractivity contribution < 1.29 is 17.9 Å². The summed E-state index contributed by atoms with van der Waals surface area (Å²) in [4.78, 5) is 6.04. The number of nitrogens with zero attached hydrogens (tertiary/aromatic N) is 6. The lowest BCUT2D eigenvalue weighted by Gasteiger charge is -2.41. The van der Waals surface area contributed by atoms with Gasteiger partial charge >= 0.3 is 6.18 Å². The lowest BCUT2D eigenvalue weighted by atomic mass is 9.75. The third kappa shape index (κ3) is 3.88. The molecule has 1 N–H and O–H groups in total. The Labute approximate surface area is 199 Å². The number of hydrogen-bond donors (Lipinski definition) is 1. The third-order valence-corrected chi connectivity index (χ3v) is 7.05. The van der Waals surface area contributed by atoms with Crippen LogP contribution in [0.4, 0.5) is 13.2 Å². The lowest BCUT2D eigenvalue weighted by Crippen LogP contribution is -2.49. The molecule has 1 aromatic carbocycles. The van der Waals surface area contributed by atoms with E-state index in [1.54, 1.807) is 6.33 Å². The molecule has 5 heterocycles. The number of alkyl halides is 3. The van der Waals surface area contributed by atoms with E-state index in [-0.39, 0.29) is 5.41 Å².